The van der Waals surface area contributed by atoms with E-state index in [1.807, 2.05) is 0 Å². The molecule has 0 unspecified atom stereocenters. The van der Waals surface area contributed by atoms with Crippen LogP contribution in [0, 0.1) is 0 Å². The maximum atomic E-state index is 12.9. The van der Waals surface area contributed by atoms with Crippen LogP contribution in [0.1, 0.15) is 57.8 Å². The average molecular weight is 498 g/mol. The third kappa shape index (κ3) is 9.14. The molecule has 1 aliphatic heterocycles. The molecule has 194 valence electrons. The third-order valence-corrected chi connectivity index (χ3v) is 5.27. The predicted molar refractivity (Wildman–Crippen MR) is 119 cm³/mol. The van der Waals surface area contributed by atoms with Crippen molar-refractivity contribution in [3.63, 3.8) is 0 Å². The van der Waals surface area contributed by atoms with Gasteiger partial charge in [-0.3, -0.25) is 19.2 Å². The lowest BCUT2D eigenvalue weighted by atomic mass is 10.0. The molecule has 1 fully saturated rings. The Morgan fingerprint density at radius 2 is 1.43 bits per heavy atom. The van der Waals surface area contributed by atoms with Crippen LogP contribution in [0.25, 0.3) is 0 Å². The Morgan fingerprint density at radius 1 is 0.857 bits per heavy atom. The number of carbonyl (C=O) groups excluding carboxylic acids is 4. The van der Waals surface area contributed by atoms with Gasteiger partial charge in [0.1, 0.15) is 18.5 Å². The summed E-state index contributed by atoms with van der Waals surface area (Å²) in [5.74, 6) is -6.96. The number of aliphatic imine (C=N–C) groups is 1. The average Bonchev–Trinajstić information content (AvgIpc) is 2.76. The van der Waals surface area contributed by atoms with Crippen molar-refractivity contribution in [1.29, 1.82) is 0 Å². The topological polar surface area (TPSA) is 211 Å². The van der Waals surface area contributed by atoms with Crippen molar-refractivity contribution in [1.82, 2.24) is 15.1 Å². The van der Waals surface area contributed by atoms with E-state index in [1.54, 1.807) is 0 Å². The molecule has 14 nitrogen and oxygen atoms in total. The molecule has 4 N–H and O–H groups in total. The Kier molecular flexibility index (Phi) is 12.0. The van der Waals surface area contributed by atoms with Crippen LogP contribution in [0.2, 0.25) is 0 Å². The van der Waals surface area contributed by atoms with Gasteiger partial charge in [-0.2, -0.15) is 0 Å². The Hall–Kier alpha value is -3.84. The van der Waals surface area contributed by atoms with Crippen molar-refractivity contribution >= 4 is 48.4 Å². The lowest BCUT2D eigenvalue weighted by molar-refractivity contribution is -0.158. The van der Waals surface area contributed by atoms with Crippen LogP contribution in [0.5, 0.6) is 0 Å². The molecule has 1 saturated heterocycles. The maximum Gasteiger partial charge on any atom is 0.335 e. The van der Waals surface area contributed by atoms with Gasteiger partial charge in [0.05, 0.1) is 0 Å². The molecule has 0 aromatic heterocycles. The number of nitrogens with one attached hydrogen (secondary N) is 1. The SMILES string of the molecule is C=NCCCCC(=O)NCCCC[C@@H](C(=O)O)N1C(=O)CC(=O)N([C@@H](CCC(=O)O)C(=O)O)C1=O. The fraction of sp³-hybridized carbons (Fsp3) is 0.619. The third-order valence-electron chi connectivity index (χ3n) is 5.27. The summed E-state index contributed by atoms with van der Waals surface area (Å²) in [6.45, 7) is 4.16. The number of urea groups is 1. The van der Waals surface area contributed by atoms with Crippen molar-refractivity contribution < 1.29 is 48.9 Å². The van der Waals surface area contributed by atoms with Crippen LogP contribution in [0.15, 0.2) is 4.99 Å². The van der Waals surface area contributed by atoms with Crippen molar-refractivity contribution in [2.75, 3.05) is 13.1 Å². The number of nitrogens with zero attached hydrogens (tertiary/aromatic N) is 3. The molecular formula is C21H30N4O10. The van der Waals surface area contributed by atoms with Gasteiger partial charge in [0.15, 0.2) is 0 Å². The molecule has 0 aromatic carbocycles. The van der Waals surface area contributed by atoms with Crippen LogP contribution in [0.3, 0.4) is 0 Å². The molecule has 0 spiro atoms. The first kappa shape index (κ1) is 29.2. The van der Waals surface area contributed by atoms with E-state index >= 15 is 0 Å². The Labute approximate surface area is 201 Å². The number of amides is 5. The van der Waals surface area contributed by atoms with Crippen molar-refractivity contribution in [2.45, 2.75) is 69.9 Å². The number of barbiturate groups is 1. The van der Waals surface area contributed by atoms with Gasteiger partial charge in [-0.05, 0) is 45.2 Å². The lowest BCUT2D eigenvalue weighted by Gasteiger charge is -2.38. The summed E-state index contributed by atoms with van der Waals surface area (Å²) < 4.78 is 0. The van der Waals surface area contributed by atoms with Gasteiger partial charge in [-0.1, -0.05) is 0 Å². The summed E-state index contributed by atoms with van der Waals surface area (Å²) in [6.07, 6.45) is -0.166. The Balaban J connectivity index is 2.78. The minimum atomic E-state index is -1.87. The van der Waals surface area contributed by atoms with E-state index in [2.05, 4.69) is 17.0 Å². The van der Waals surface area contributed by atoms with Gasteiger partial charge in [-0.15, -0.1) is 0 Å². The summed E-state index contributed by atoms with van der Waals surface area (Å²) in [5.41, 5.74) is 0. The van der Waals surface area contributed by atoms with Crippen LogP contribution in [-0.2, 0) is 28.8 Å². The predicted octanol–water partition coefficient (Wildman–Crippen LogP) is 0.0959. The van der Waals surface area contributed by atoms with Crippen LogP contribution < -0.4 is 5.32 Å². The first-order valence-corrected chi connectivity index (χ1v) is 11.1. The molecule has 0 aromatic rings. The number of unbranched alkanes of at least 4 members (excludes halogenated alkanes) is 2. The minimum Gasteiger partial charge on any atom is -0.481 e. The fourth-order valence-electron chi connectivity index (χ4n) is 3.52. The van der Waals surface area contributed by atoms with E-state index in [4.69, 9.17) is 5.11 Å². The summed E-state index contributed by atoms with van der Waals surface area (Å²) in [4.78, 5) is 87.8. The molecule has 35 heavy (non-hydrogen) atoms. The molecule has 14 heteroatoms. The highest BCUT2D eigenvalue weighted by molar-refractivity contribution is 6.16. The number of carboxylic acid groups (broad SMARTS) is 3. The molecule has 0 aliphatic carbocycles. The highest BCUT2D eigenvalue weighted by Gasteiger charge is 2.48. The van der Waals surface area contributed by atoms with E-state index in [-0.39, 0.29) is 30.2 Å². The van der Waals surface area contributed by atoms with E-state index < -0.39 is 67.1 Å². The largest absolute Gasteiger partial charge is 0.481 e. The Bertz CT molecular complexity index is 859. The van der Waals surface area contributed by atoms with Gasteiger partial charge >= 0.3 is 23.9 Å². The summed E-state index contributed by atoms with van der Waals surface area (Å²) in [6, 6.07) is -4.95. The lowest BCUT2D eigenvalue weighted by Crippen LogP contribution is -2.63. The number of hydrogen-bond acceptors (Lipinski definition) is 8. The normalized spacial score (nSPS) is 15.5. The number of rotatable bonds is 17. The maximum absolute atomic E-state index is 12.9. The van der Waals surface area contributed by atoms with E-state index in [0.717, 1.165) is 6.42 Å². The Morgan fingerprint density at radius 3 is 1.94 bits per heavy atom. The smallest absolute Gasteiger partial charge is 0.335 e. The van der Waals surface area contributed by atoms with E-state index in [9.17, 15) is 43.8 Å². The molecule has 0 saturated carbocycles. The second-order valence-electron chi connectivity index (χ2n) is 7.88. The highest BCUT2D eigenvalue weighted by Crippen LogP contribution is 2.23. The van der Waals surface area contributed by atoms with E-state index in [0.29, 0.717) is 30.7 Å². The second kappa shape index (κ2) is 14.4. The van der Waals surface area contributed by atoms with Gasteiger partial charge in [0, 0.05) is 25.9 Å². The van der Waals surface area contributed by atoms with Gasteiger partial charge in [0.25, 0.3) is 0 Å². The zero-order valence-electron chi connectivity index (χ0n) is 19.2. The van der Waals surface area contributed by atoms with Crippen LogP contribution >= 0.6 is 0 Å². The summed E-state index contributed by atoms with van der Waals surface area (Å²) in [7, 11) is 0. The summed E-state index contributed by atoms with van der Waals surface area (Å²) in [5, 5.41) is 30.5. The van der Waals surface area contributed by atoms with Crippen LogP contribution in [-0.4, -0.2) is 98.7 Å². The number of imide groups is 2. The standard InChI is InChI=1S/C21H30N4O10/c1-22-10-4-3-7-15(26)23-11-5-2-6-13(19(31)32)24-16(27)12-17(28)25(21(24)35)14(20(33)34)8-9-18(29)30/h13-14H,1-12H2,(H,23,26)(H,29,30)(H,31,32)(H,33,34)/t13-,14-/m0/s1. The van der Waals surface area contributed by atoms with Gasteiger partial charge < -0.3 is 25.6 Å². The molecule has 1 heterocycles. The zero-order valence-corrected chi connectivity index (χ0v) is 19.2. The molecule has 2 atom stereocenters. The van der Waals surface area contributed by atoms with Gasteiger partial charge in [0.2, 0.25) is 17.7 Å². The first-order chi connectivity index (χ1) is 16.5. The quantitative estimate of drug-likeness (QED) is 0.121. The van der Waals surface area contributed by atoms with E-state index in [1.165, 1.54) is 0 Å². The minimum absolute atomic E-state index is 0.180. The van der Waals surface area contributed by atoms with Crippen LogP contribution in [0.4, 0.5) is 4.79 Å². The number of aliphatic carboxylic acids is 3. The van der Waals surface area contributed by atoms with Crippen molar-refractivity contribution in [3.05, 3.63) is 0 Å². The van der Waals surface area contributed by atoms with Crippen molar-refractivity contribution in [2.24, 2.45) is 4.99 Å². The molecule has 1 aliphatic rings. The molecule has 0 bridgehead atoms. The first-order valence-electron chi connectivity index (χ1n) is 11.1. The zero-order chi connectivity index (χ0) is 26.5. The number of hydrogen-bond donors (Lipinski definition) is 4. The molecule has 0 radical (unpaired) electrons. The fourth-order valence-corrected chi connectivity index (χ4v) is 3.52. The number of carbonyl (C=O) groups is 7. The van der Waals surface area contributed by atoms with Gasteiger partial charge in [-0.25, -0.2) is 24.2 Å². The highest BCUT2D eigenvalue weighted by atomic mass is 16.4. The molecule has 5 amide bonds. The second-order valence-corrected chi connectivity index (χ2v) is 7.88. The molecule has 1 rings (SSSR count). The van der Waals surface area contributed by atoms with Crippen molar-refractivity contribution in [3.8, 4) is 0 Å². The number of carboxylic acids is 3. The molecular weight excluding hydrogens is 468 g/mol. The summed E-state index contributed by atoms with van der Waals surface area (Å²) >= 11 is 0. The monoisotopic (exact) mass is 498 g/mol.